The van der Waals surface area contributed by atoms with Gasteiger partial charge in [-0.05, 0) is 43.4 Å². The molecule has 8 nitrogen and oxygen atoms in total. The number of hydrogen-bond donors (Lipinski definition) is 3. The number of nitrogens with one attached hydrogen (secondary N) is 3. The van der Waals surface area contributed by atoms with E-state index in [9.17, 15) is 19.7 Å². The maximum absolute atomic E-state index is 12.2. The molecule has 0 atom stereocenters. The Hall–Kier alpha value is -3.33. The molecule has 2 amide bonds. The van der Waals surface area contributed by atoms with Gasteiger partial charge in [-0.15, -0.1) is 0 Å². The molecule has 2 rings (SSSR count). The molecule has 0 aromatic heterocycles. The van der Waals surface area contributed by atoms with Gasteiger partial charge in [0.25, 0.3) is 17.5 Å². The van der Waals surface area contributed by atoms with Gasteiger partial charge in [0.05, 0.1) is 4.92 Å². The highest BCUT2D eigenvalue weighted by Gasteiger charge is 2.13. The zero-order chi connectivity index (χ0) is 19.1. The monoisotopic (exact) mass is 372 g/mol. The molecule has 0 spiro atoms. The molecule has 0 aliphatic rings. The van der Waals surface area contributed by atoms with E-state index in [-0.39, 0.29) is 22.3 Å². The van der Waals surface area contributed by atoms with Crippen molar-refractivity contribution >= 4 is 40.5 Å². The molecule has 0 aliphatic heterocycles. The third-order valence-electron chi connectivity index (χ3n) is 3.27. The highest BCUT2D eigenvalue weighted by molar-refractivity contribution is 7.80. The fraction of sp³-hybridized carbons (Fsp3) is 0.118. The Morgan fingerprint density at radius 1 is 1.08 bits per heavy atom. The number of nitrogens with zero attached hydrogens (tertiary/aromatic N) is 1. The van der Waals surface area contributed by atoms with Crippen LogP contribution in [0, 0.1) is 10.1 Å². The number of thiocarbonyl (C=S) groups is 1. The standard InChI is InChI=1S/C17H16N4O4S/c1-2-18-15(22)11-5-3-7-13(9-11)19-17(26)20-16(23)12-6-4-8-14(10-12)21(24)25/h3-10H,2H2,1H3,(H,18,22)(H2,19,20,23,26). The van der Waals surface area contributed by atoms with E-state index in [2.05, 4.69) is 16.0 Å². The van der Waals surface area contributed by atoms with Crippen LogP contribution in [0.5, 0.6) is 0 Å². The van der Waals surface area contributed by atoms with E-state index >= 15 is 0 Å². The summed E-state index contributed by atoms with van der Waals surface area (Å²) in [7, 11) is 0. The van der Waals surface area contributed by atoms with Crippen LogP contribution in [0.1, 0.15) is 27.6 Å². The minimum atomic E-state index is -0.583. The molecule has 134 valence electrons. The molecule has 0 saturated heterocycles. The Bertz CT molecular complexity index is 869. The molecule has 9 heteroatoms. The molecule has 0 bridgehead atoms. The van der Waals surface area contributed by atoms with Gasteiger partial charge in [-0.3, -0.25) is 25.0 Å². The first-order chi connectivity index (χ1) is 12.4. The van der Waals surface area contributed by atoms with Crippen LogP contribution in [-0.4, -0.2) is 28.4 Å². The first kappa shape index (κ1) is 19.0. The van der Waals surface area contributed by atoms with Crippen molar-refractivity contribution in [3.8, 4) is 0 Å². The van der Waals surface area contributed by atoms with Crippen molar-refractivity contribution in [2.24, 2.45) is 0 Å². The molecule has 0 unspecified atom stereocenters. The van der Waals surface area contributed by atoms with E-state index in [4.69, 9.17) is 12.2 Å². The lowest BCUT2D eigenvalue weighted by Crippen LogP contribution is -2.34. The Morgan fingerprint density at radius 2 is 1.73 bits per heavy atom. The van der Waals surface area contributed by atoms with Crippen molar-refractivity contribution < 1.29 is 14.5 Å². The minimum absolute atomic E-state index is 0.00885. The lowest BCUT2D eigenvalue weighted by Gasteiger charge is -2.11. The average molecular weight is 372 g/mol. The van der Waals surface area contributed by atoms with E-state index in [1.165, 1.54) is 18.2 Å². The first-order valence-corrected chi connectivity index (χ1v) is 8.06. The molecule has 0 radical (unpaired) electrons. The summed E-state index contributed by atoms with van der Waals surface area (Å²) in [5, 5.41) is 18.7. The number of anilines is 1. The van der Waals surface area contributed by atoms with Gasteiger partial charge < -0.3 is 10.6 Å². The third kappa shape index (κ3) is 5.08. The lowest BCUT2D eigenvalue weighted by atomic mass is 10.2. The first-order valence-electron chi connectivity index (χ1n) is 7.65. The molecular formula is C17H16N4O4S. The van der Waals surface area contributed by atoms with Crippen LogP contribution in [-0.2, 0) is 0 Å². The van der Waals surface area contributed by atoms with Gasteiger partial charge in [-0.1, -0.05) is 12.1 Å². The number of carbonyl (C=O) groups excluding carboxylic acids is 2. The fourth-order valence-electron chi connectivity index (χ4n) is 2.10. The molecule has 0 heterocycles. The summed E-state index contributed by atoms with van der Waals surface area (Å²) in [6, 6.07) is 11.9. The molecule has 0 fully saturated rings. The second-order valence-corrected chi connectivity index (χ2v) is 5.56. The zero-order valence-electron chi connectivity index (χ0n) is 13.8. The Balaban J connectivity index is 2.03. The van der Waals surface area contributed by atoms with Gasteiger partial charge >= 0.3 is 0 Å². The van der Waals surface area contributed by atoms with Crippen LogP contribution >= 0.6 is 12.2 Å². The maximum atomic E-state index is 12.2. The highest BCUT2D eigenvalue weighted by Crippen LogP contribution is 2.13. The van der Waals surface area contributed by atoms with E-state index in [0.717, 1.165) is 6.07 Å². The van der Waals surface area contributed by atoms with Gasteiger partial charge in [0.15, 0.2) is 5.11 Å². The van der Waals surface area contributed by atoms with E-state index in [1.807, 2.05) is 6.92 Å². The van der Waals surface area contributed by atoms with Gasteiger partial charge in [-0.25, -0.2) is 0 Å². The van der Waals surface area contributed by atoms with Crippen molar-refractivity contribution in [3.05, 3.63) is 69.8 Å². The van der Waals surface area contributed by atoms with Crippen LogP contribution < -0.4 is 16.0 Å². The predicted octanol–water partition coefficient (Wildman–Crippen LogP) is 2.47. The second-order valence-electron chi connectivity index (χ2n) is 5.16. The number of non-ortho nitro benzene ring substituents is 1. The summed E-state index contributed by atoms with van der Waals surface area (Å²) >= 11 is 5.08. The average Bonchev–Trinajstić information content (AvgIpc) is 2.62. The van der Waals surface area contributed by atoms with Crippen molar-refractivity contribution in [2.75, 3.05) is 11.9 Å². The van der Waals surface area contributed by atoms with E-state index < -0.39 is 10.8 Å². The molecule has 0 aliphatic carbocycles. The molecular weight excluding hydrogens is 356 g/mol. The summed E-state index contributed by atoms with van der Waals surface area (Å²) in [5.74, 6) is -0.797. The van der Waals surface area contributed by atoms with E-state index in [1.54, 1.807) is 24.3 Å². The van der Waals surface area contributed by atoms with E-state index in [0.29, 0.717) is 17.8 Å². The topological polar surface area (TPSA) is 113 Å². The van der Waals surface area contributed by atoms with Crippen LogP contribution in [0.2, 0.25) is 0 Å². The van der Waals surface area contributed by atoms with Crippen molar-refractivity contribution in [2.45, 2.75) is 6.92 Å². The molecule has 3 N–H and O–H groups in total. The number of nitro groups is 1. The van der Waals surface area contributed by atoms with Crippen LogP contribution in [0.3, 0.4) is 0 Å². The normalized spacial score (nSPS) is 9.88. The predicted molar refractivity (Wildman–Crippen MR) is 101 cm³/mol. The van der Waals surface area contributed by atoms with Crippen LogP contribution in [0.15, 0.2) is 48.5 Å². The number of rotatable bonds is 5. The van der Waals surface area contributed by atoms with Crippen molar-refractivity contribution in [1.82, 2.24) is 10.6 Å². The number of hydrogen-bond acceptors (Lipinski definition) is 5. The summed E-state index contributed by atoms with van der Waals surface area (Å²) in [6.07, 6.45) is 0. The lowest BCUT2D eigenvalue weighted by molar-refractivity contribution is -0.384. The fourth-order valence-corrected chi connectivity index (χ4v) is 2.31. The summed E-state index contributed by atoms with van der Waals surface area (Å²) < 4.78 is 0. The summed E-state index contributed by atoms with van der Waals surface area (Å²) in [4.78, 5) is 34.2. The number of benzene rings is 2. The zero-order valence-corrected chi connectivity index (χ0v) is 14.6. The largest absolute Gasteiger partial charge is 0.352 e. The van der Waals surface area contributed by atoms with Crippen molar-refractivity contribution in [3.63, 3.8) is 0 Å². The summed E-state index contributed by atoms with van der Waals surface area (Å²) in [5.41, 5.74) is 0.897. The number of carbonyl (C=O) groups is 2. The highest BCUT2D eigenvalue weighted by atomic mass is 32.1. The van der Waals surface area contributed by atoms with Crippen molar-refractivity contribution in [1.29, 1.82) is 0 Å². The van der Waals surface area contributed by atoms with Gasteiger partial charge in [0.2, 0.25) is 0 Å². The van der Waals surface area contributed by atoms with Crippen LogP contribution in [0.4, 0.5) is 11.4 Å². The molecule has 2 aromatic carbocycles. The quantitative estimate of drug-likeness (QED) is 0.422. The number of nitro benzene ring substituents is 1. The SMILES string of the molecule is CCNC(=O)c1cccc(NC(=S)NC(=O)c2cccc([N+](=O)[O-])c2)c1. The van der Waals surface area contributed by atoms with Gasteiger partial charge in [0, 0.05) is 35.5 Å². The number of amides is 2. The molecule has 26 heavy (non-hydrogen) atoms. The minimum Gasteiger partial charge on any atom is -0.352 e. The Morgan fingerprint density at radius 3 is 2.38 bits per heavy atom. The Labute approximate surface area is 154 Å². The maximum Gasteiger partial charge on any atom is 0.270 e. The third-order valence-corrected chi connectivity index (χ3v) is 3.47. The molecule has 2 aromatic rings. The smallest absolute Gasteiger partial charge is 0.270 e. The second kappa shape index (κ2) is 8.67. The molecule has 0 saturated carbocycles. The van der Waals surface area contributed by atoms with Gasteiger partial charge in [0.1, 0.15) is 0 Å². The van der Waals surface area contributed by atoms with Crippen LogP contribution in [0.25, 0.3) is 0 Å². The summed E-state index contributed by atoms with van der Waals surface area (Å²) in [6.45, 7) is 2.33. The Kier molecular flexibility index (Phi) is 6.34. The van der Waals surface area contributed by atoms with Gasteiger partial charge in [-0.2, -0.15) is 0 Å².